The van der Waals surface area contributed by atoms with Crippen LogP contribution in [0, 0.1) is 0 Å². The highest BCUT2D eigenvalue weighted by Gasteiger charge is 2.42. The van der Waals surface area contributed by atoms with Crippen LogP contribution in [0.4, 0.5) is 0 Å². The molecule has 3 heterocycles. The van der Waals surface area contributed by atoms with Crippen LogP contribution in [0.3, 0.4) is 0 Å². The molecule has 1 aromatic rings. The zero-order valence-corrected chi connectivity index (χ0v) is 12.8. The molecule has 0 bridgehead atoms. The first-order chi connectivity index (χ1) is 10.3. The SMILES string of the molecule is c1coc(C2CCN(C[C@H]3CCC4(CCCC4)O3)CC2)n1. The summed E-state index contributed by atoms with van der Waals surface area (Å²) in [5.74, 6) is 1.44. The van der Waals surface area contributed by atoms with E-state index in [9.17, 15) is 0 Å². The Bertz CT molecular complexity index is 445. The quantitative estimate of drug-likeness (QED) is 0.855. The molecule has 0 amide bonds. The molecule has 116 valence electrons. The molecule has 2 aliphatic heterocycles. The first-order valence-corrected chi connectivity index (χ1v) is 8.63. The summed E-state index contributed by atoms with van der Waals surface area (Å²) in [5.41, 5.74) is 0.279. The van der Waals surface area contributed by atoms with Crippen molar-refractivity contribution in [2.45, 2.75) is 69.0 Å². The Morgan fingerprint density at radius 2 is 1.95 bits per heavy atom. The van der Waals surface area contributed by atoms with Crippen molar-refractivity contribution in [1.82, 2.24) is 9.88 Å². The van der Waals surface area contributed by atoms with E-state index in [1.807, 2.05) is 0 Å². The van der Waals surface area contributed by atoms with Gasteiger partial charge in [-0.25, -0.2) is 4.98 Å². The Hall–Kier alpha value is -0.870. The minimum Gasteiger partial charge on any atom is -0.449 e. The number of oxazole rings is 1. The summed E-state index contributed by atoms with van der Waals surface area (Å²) in [5, 5.41) is 0. The molecular formula is C17H26N2O2. The van der Waals surface area contributed by atoms with Crippen LogP contribution in [0.15, 0.2) is 16.9 Å². The summed E-state index contributed by atoms with van der Waals surface area (Å²) in [6.07, 6.45) is 14.2. The van der Waals surface area contributed by atoms with Crippen molar-refractivity contribution in [2.24, 2.45) is 0 Å². The molecule has 0 N–H and O–H groups in total. The standard InChI is InChI=1S/C17H26N2O2/c1-2-7-17(6-1)8-3-15(21-17)13-19-10-4-14(5-11-19)16-18-9-12-20-16/h9,12,14-15H,1-8,10-11,13H2/t15-/m1/s1. The van der Waals surface area contributed by atoms with E-state index in [0.29, 0.717) is 12.0 Å². The molecule has 1 saturated carbocycles. The molecule has 0 unspecified atom stereocenters. The maximum atomic E-state index is 6.44. The van der Waals surface area contributed by atoms with E-state index in [0.717, 1.165) is 25.5 Å². The van der Waals surface area contributed by atoms with Crippen molar-refractivity contribution in [1.29, 1.82) is 0 Å². The molecule has 1 spiro atoms. The van der Waals surface area contributed by atoms with Crippen LogP contribution >= 0.6 is 0 Å². The number of nitrogens with zero attached hydrogens (tertiary/aromatic N) is 2. The van der Waals surface area contributed by atoms with Crippen molar-refractivity contribution in [3.63, 3.8) is 0 Å². The lowest BCUT2D eigenvalue weighted by Gasteiger charge is -2.33. The number of piperidine rings is 1. The van der Waals surface area contributed by atoms with Gasteiger partial charge in [-0.15, -0.1) is 0 Å². The van der Waals surface area contributed by atoms with Crippen LogP contribution < -0.4 is 0 Å². The minimum absolute atomic E-state index is 0.279. The normalized spacial score (nSPS) is 30.4. The fourth-order valence-electron chi connectivity index (χ4n) is 4.50. The molecule has 4 heteroatoms. The zero-order valence-electron chi connectivity index (χ0n) is 12.8. The maximum Gasteiger partial charge on any atom is 0.197 e. The Morgan fingerprint density at radius 1 is 1.14 bits per heavy atom. The number of rotatable bonds is 3. The van der Waals surface area contributed by atoms with Crippen LogP contribution in [-0.2, 0) is 4.74 Å². The fourth-order valence-corrected chi connectivity index (χ4v) is 4.50. The van der Waals surface area contributed by atoms with Gasteiger partial charge in [0.1, 0.15) is 6.26 Å². The van der Waals surface area contributed by atoms with E-state index in [-0.39, 0.29) is 5.60 Å². The summed E-state index contributed by atoms with van der Waals surface area (Å²) in [4.78, 5) is 6.89. The molecule has 1 aliphatic carbocycles. The van der Waals surface area contributed by atoms with Crippen LogP contribution in [0.5, 0.6) is 0 Å². The fraction of sp³-hybridized carbons (Fsp3) is 0.824. The summed E-state index contributed by atoms with van der Waals surface area (Å²) in [6, 6.07) is 0. The molecule has 4 nitrogen and oxygen atoms in total. The third kappa shape index (κ3) is 2.88. The maximum absolute atomic E-state index is 6.44. The van der Waals surface area contributed by atoms with Gasteiger partial charge in [0.05, 0.1) is 17.9 Å². The van der Waals surface area contributed by atoms with Gasteiger partial charge in [-0.3, -0.25) is 0 Å². The lowest BCUT2D eigenvalue weighted by atomic mass is 9.96. The minimum atomic E-state index is 0.279. The molecule has 4 rings (SSSR count). The average Bonchev–Trinajstić information content (AvgIpc) is 3.25. The van der Waals surface area contributed by atoms with E-state index in [2.05, 4.69) is 9.88 Å². The van der Waals surface area contributed by atoms with Gasteiger partial charge in [-0.2, -0.15) is 0 Å². The molecule has 1 aromatic heterocycles. The van der Waals surface area contributed by atoms with Crippen LogP contribution in [0.25, 0.3) is 0 Å². The number of hydrogen-bond donors (Lipinski definition) is 0. The highest BCUT2D eigenvalue weighted by Crippen LogP contribution is 2.43. The molecule has 21 heavy (non-hydrogen) atoms. The van der Waals surface area contributed by atoms with E-state index < -0.39 is 0 Å². The van der Waals surface area contributed by atoms with Gasteiger partial charge in [0.2, 0.25) is 0 Å². The molecule has 3 aliphatic rings. The Labute approximate surface area is 126 Å². The molecule has 2 saturated heterocycles. The smallest absolute Gasteiger partial charge is 0.197 e. The second-order valence-electron chi connectivity index (χ2n) is 7.11. The molecular weight excluding hydrogens is 264 g/mol. The second kappa shape index (κ2) is 5.73. The lowest BCUT2D eigenvalue weighted by molar-refractivity contribution is -0.0492. The van der Waals surface area contributed by atoms with Gasteiger partial charge >= 0.3 is 0 Å². The summed E-state index contributed by atoms with van der Waals surface area (Å²) in [6.45, 7) is 3.43. The highest BCUT2D eigenvalue weighted by atomic mass is 16.5. The first-order valence-electron chi connectivity index (χ1n) is 8.63. The van der Waals surface area contributed by atoms with Crippen molar-refractivity contribution < 1.29 is 9.15 Å². The van der Waals surface area contributed by atoms with Gasteiger partial charge in [0, 0.05) is 12.5 Å². The van der Waals surface area contributed by atoms with Gasteiger partial charge < -0.3 is 14.1 Å². The van der Waals surface area contributed by atoms with Gasteiger partial charge in [-0.05, 0) is 51.6 Å². The van der Waals surface area contributed by atoms with E-state index in [1.54, 1.807) is 12.5 Å². The van der Waals surface area contributed by atoms with Gasteiger partial charge in [0.15, 0.2) is 5.89 Å². The Kier molecular flexibility index (Phi) is 3.76. The summed E-state index contributed by atoms with van der Waals surface area (Å²) in [7, 11) is 0. The number of likely N-dealkylation sites (tertiary alicyclic amines) is 1. The van der Waals surface area contributed by atoms with Gasteiger partial charge in [-0.1, -0.05) is 12.8 Å². The third-order valence-corrected chi connectivity index (χ3v) is 5.70. The summed E-state index contributed by atoms with van der Waals surface area (Å²) < 4.78 is 11.9. The number of hydrogen-bond acceptors (Lipinski definition) is 4. The Balaban J connectivity index is 1.26. The predicted molar refractivity (Wildman–Crippen MR) is 80.2 cm³/mol. The van der Waals surface area contributed by atoms with E-state index >= 15 is 0 Å². The van der Waals surface area contributed by atoms with Crippen LogP contribution in [0.1, 0.15) is 63.2 Å². The highest BCUT2D eigenvalue weighted by molar-refractivity contribution is 4.96. The average molecular weight is 290 g/mol. The molecule has 3 fully saturated rings. The monoisotopic (exact) mass is 290 g/mol. The third-order valence-electron chi connectivity index (χ3n) is 5.70. The van der Waals surface area contributed by atoms with E-state index in [4.69, 9.17) is 9.15 Å². The second-order valence-corrected chi connectivity index (χ2v) is 7.11. The van der Waals surface area contributed by atoms with Crippen molar-refractivity contribution in [3.05, 3.63) is 18.4 Å². The largest absolute Gasteiger partial charge is 0.449 e. The van der Waals surface area contributed by atoms with Crippen molar-refractivity contribution in [3.8, 4) is 0 Å². The lowest BCUT2D eigenvalue weighted by Crippen LogP contribution is -2.39. The molecule has 1 atom stereocenters. The predicted octanol–water partition coefficient (Wildman–Crippen LogP) is 3.35. The van der Waals surface area contributed by atoms with E-state index in [1.165, 1.54) is 51.4 Å². The van der Waals surface area contributed by atoms with Gasteiger partial charge in [0.25, 0.3) is 0 Å². The zero-order chi connectivity index (χ0) is 14.1. The number of aromatic nitrogens is 1. The first kappa shape index (κ1) is 13.8. The van der Waals surface area contributed by atoms with Crippen molar-refractivity contribution >= 4 is 0 Å². The van der Waals surface area contributed by atoms with Crippen LogP contribution in [0.2, 0.25) is 0 Å². The molecule has 0 aromatic carbocycles. The Morgan fingerprint density at radius 3 is 2.67 bits per heavy atom. The summed E-state index contributed by atoms with van der Waals surface area (Å²) >= 11 is 0. The number of ether oxygens (including phenoxy) is 1. The molecule has 0 radical (unpaired) electrons. The van der Waals surface area contributed by atoms with Crippen LogP contribution in [-0.4, -0.2) is 41.2 Å². The topological polar surface area (TPSA) is 38.5 Å². The van der Waals surface area contributed by atoms with Crippen molar-refractivity contribution in [2.75, 3.05) is 19.6 Å².